The van der Waals surface area contributed by atoms with Crippen LogP contribution in [0.15, 0.2) is 21.9 Å². The van der Waals surface area contributed by atoms with Crippen LogP contribution in [0.4, 0.5) is 5.69 Å². The number of nitrogens with one attached hydrogen (secondary N) is 1. The average molecular weight is 360 g/mol. The highest BCUT2D eigenvalue weighted by atomic mass is 16.2. The van der Waals surface area contributed by atoms with Crippen LogP contribution >= 0.6 is 0 Å². The third-order valence-corrected chi connectivity index (χ3v) is 4.02. The van der Waals surface area contributed by atoms with Gasteiger partial charge in [-0.3, -0.25) is 13.9 Å². The highest BCUT2D eigenvalue weighted by molar-refractivity contribution is 5.75. The van der Waals surface area contributed by atoms with E-state index in [4.69, 9.17) is 5.73 Å². The molecule has 0 aliphatic carbocycles. The molecule has 3 rings (SSSR count). The van der Waals surface area contributed by atoms with Crippen LogP contribution in [0.1, 0.15) is 40.5 Å². The minimum absolute atomic E-state index is 0.305. The van der Waals surface area contributed by atoms with Gasteiger partial charge in [-0.25, -0.2) is 9.78 Å². The van der Waals surface area contributed by atoms with Crippen molar-refractivity contribution in [1.82, 2.24) is 23.7 Å². The van der Waals surface area contributed by atoms with Crippen molar-refractivity contribution in [1.29, 1.82) is 0 Å². The molecule has 0 aliphatic heterocycles. The molecule has 0 aromatic carbocycles. The van der Waals surface area contributed by atoms with E-state index in [0.717, 1.165) is 12.1 Å². The quantitative estimate of drug-likeness (QED) is 0.728. The summed E-state index contributed by atoms with van der Waals surface area (Å²) < 4.78 is 4.68. The van der Waals surface area contributed by atoms with Crippen molar-refractivity contribution in [2.75, 3.05) is 5.73 Å². The van der Waals surface area contributed by atoms with Crippen LogP contribution < -0.4 is 17.0 Å². The number of imidazole rings is 1. The molecule has 0 radical (unpaired) electrons. The van der Waals surface area contributed by atoms with E-state index in [0.29, 0.717) is 42.2 Å². The monoisotopic (exact) mass is 360 g/mol. The first-order chi connectivity index (χ1) is 12.5. The minimum Gasteiger partial charge on any atom is -0.397 e. The van der Waals surface area contributed by atoms with Crippen LogP contribution in [0.3, 0.4) is 0 Å². The lowest BCUT2D eigenvalue weighted by molar-refractivity contribution is 0.555. The van der Waals surface area contributed by atoms with Crippen LogP contribution in [-0.2, 0) is 20.1 Å². The zero-order chi connectivity index (χ0) is 19.4. The van der Waals surface area contributed by atoms with Gasteiger partial charge < -0.3 is 15.3 Å². The topological polar surface area (TPSA) is 104 Å². The summed E-state index contributed by atoms with van der Waals surface area (Å²) in [5.74, 6) is 0.528. The van der Waals surface area contributed by atoms with Crippen molar-refractivity contribution in [2.24, 2.45) is 7.05 Å². The van der Waals surface area contributed by atoms with Gasteiger partial charge >= 0.3 is 5.69 Å². The number of aromatic nitrogens is 5. The number of hydrogen-bond acceptors (Lipinski definition) is 4. The lowest BCUT2D eigenvalue weighted by Gasteiger charge is -2.09. The van der Waals surface area contributed by atoms with Crippen LogP contribution in [0.2, 0.25) is 0 Å². The SMILES string of the molecule is CC.CCCn1c(=O)c2[nH]c(-c3cc(N)cn3C)nc2n(CCC)c1=O. The van der Waals surface area contributed by atoms with Gasteiger partial charge in [0.05, 0.1) is 11.4 Å². The number of H-pyrrole nitrogens is 1. The van der Waals surface area contributed by atoms with E-state index in [1.807, 2.05) is 39.3 Å². The molecule has 0 spiro atoms. The largest absolute Gasteiger partial charge is 0.397 e. The smallest absolute Gasteiger partial charge is 0.332 e. The molecule has 0 bridgehead atoms. The molecule has 3 aromatic rings. The van der Waals surface area contributed by atoms with Gasteiger partial charge in [0.2, 0.25) is 0 Å². The fourth-order valence-electron chi connectivity index (χ4n) is 2.96. The van der Waals surface area contributed by atoms with E-state index in [-0.39, 0.29) is 11.2 Å². The van der Waals surface area contributed by atoms with E-state index in [1.54, 1.807) is 16.8 Å². The summed E-state index contributed by atoms with van der Waals surface area (Å²) in [6.07, 6.45) is 3.26. The Hall–Kier alpha value is -2.77. The fraction of sp³-hybridized carbons (Fsp3) is 0.500. The Balaban J connectivity index is 0.00000117. The number of anilines is 1. The second kappa shape index (κ2) is 8.07. The third-order valence-electron chi connectivity index (χ3n) is 4.02. The van der Waals surface area contributed by atoms with E-state index >= 15 is 0 Å². The predicted octanol–water partition coefficient (Wildman–Crippen LogP) is 2.32. The molecule has 3 N–H and O–H groups in total. The van der Waals surface area contributed by atoms with E-state index < -0.39 is 0 Å². The number of aryl methyl sites for hydroxylation is 2. The maximum Gasteiger partial charge on any atom is 0.332 e. The van der Waals surface area contributed by atoms with E-state index in [2.05, 4.69) is 9.97 Å². The molecule has 0 unspecified atom stereocenters. The van der Waals surface area contributed by atoms with Crippen molar-refractivity contribution in [3.8, 4) is 11.5 Å². The number of rotatable bonds is 5. The Kier molecular flexibility index (Phi) is 6.07. The lowest BCUT2D eigenvalue weighted by atomic mass is 10.4. The summed E-state index contributed by atoms with van der Waals surface area (Å²) in [6, 6.07) is 1.78. The van der Waals surface area contributed by atoms with Gasteiger partial charge in [-0.05, 0) is 18.9 Å². The first-order valence-electron chi connectivity index (χ1n) is 9.13. The fourth-order valence-corrected chi connectivity index (χ4v) is 2.96. The van der Waals surface area contributed by atoms with Crippen molar-refractivity contribution in [2.45, 2.75) is 53.6 Å². The number of fused-ring (bicyclic) bond motifs is 1. The molecule has 0 amide bonds. The molecule has 26 heavy (non-hydrogen) atoms. The van der Waals surface area contributed by atoms with Crippen LogP contribution in [-0.4, -0.2) is 23.7 Å². The van der Waals surface area contributed by atoms with Gasteiger partial charge in [0.25, 0.3) is 5.56 Å². The summed E-state index contributed by atoms with van der Waals surface area (Å²) in [6.45, 7) is 8.83. The highest BCUT2D eigenvalue weighted by Gasteiger charge is 2.18. The number of hydrogen-bond donors (Lipinski definition) is 2. The lowest BCUT2D eigenvalue weighted by Crippen LogP contribution is -2.40. The van der Waals surface area contributed by atoms with Gasteiger partial charge in [0.1, 0.15) is 5.52 Å². The zero-order valence-corrected chi connectivity index (χ0v) is 16.2. The molecule has 3 aromatic heterocycles. The molecular weight excluding hydrogens is 332 g/mol. The molecule has 3 heterocycles. The van der Waals surface area contributed by atoms with Crippen LogP contribution in [0.5, 0.6) is 0 Å². The van der Waals surface area contributed by atoms with Crippen molar-refractivity contribution < 1.29 is 0 Å². The maximum absolute atomic E-state index is 12.7. The average Bonchev–Trinajstić information content (AvgIpc) is 3.20. The number of nitrogen functional groups attached to an aromatic ring is 1. The van der Waals surface area contributed by atoms with Crippen molar-refractivity contribution in [3.63, 3.8) is 0 Å². The Labute approximate surface area is 152 Å². The predicted molar refractivity (Wildman–Crippen MR) is 105 cm³/mol. The Morgan fingerprint density at radius 1 is 1.12 bits per heavy atom. The normalized spacial score (nSPS) is 10.8. The summed E-state index contributed by atoms with van der Waals surface area (Å²) >= 11 is 0. The molecule has 8 nitrogen and oxygen atoms in total. The molecule has 142 valence electrons. The molecule has 0 atom stereocenters. The van der Waals surface area contributed by atoms with Gasteiger partial charge in [-0.15, -0.1) is 0 Å². The zero-order valence-electron chi connectivity index (χ0n) is 16.2. The van der Waals surface area contributed by atoms with E-state index in [1.165, 1.54) is 4.57 Å². The highest BCUT2D eigenvalue weighted by Crippen LogP contribution is 2.21. The maximum atomic E-state index is 12.7. The van der Waals surface area contributed by atoms with E-state index in [9.17, 15) is 9.59 Å². The second-order valence-electron chi connectivity index (χ2n) is 5.94. The van der Waals surface area contributed by atoms with Crippen LogP contribution in [0.25, 0.3) is 22.7 Å². The van der Waals surface area contributed by atoms with Crippen molar-refractivity contribution >= 4 is 16.9 Å². The Bertz CT molecular complexity index is 1010. The molecule has 0 saturated heterocycles. The van der Waals surface area contributed by atoms with Gasteiger partial charge in [-0.2, -0.15) is 0 Å². The number of aromatic amines is 1. The molecule has 0 saturated carbocycles. The summed E-state index contributed by atoms with van der Waals surface area (Å²) in [5.41, 5.74) is 7.32. The standard InChI is InChI=1S/C16H22N6O2.C2H6/c1-4-6-21-14-12(15(23)22(7-5-2)16(21)24)18-13(19-14)11-8-10(17)9-20(11)3;1-2/h8-9H,4-7,17H2,1-3H3,(H,18,19);1-2H3. The molecule has 8 heteroatoms. The van der Waals surface area contributed by atoms with Crippen molar-refractivity contribution in [3.05, 3.63) is 33.1 Å². The molecular formula is C18H28N6O2. The number of nitrogens with zero attached hydrogens (tertiary/aromatic N) is 4. The first-order valence-corrected chi connectivity index (χ1v) is 9.13. The summed E-state index contributed by atoms with van der Waals surface area (Å²) in [4.78, 5) is 32.9. The second-order valence-corrected chi connectivity index (χ2v) is 5.94. The summed E-state index contributed by atoms with van der Waals surface area (Å²) in [7, 11) is 1.85. The third kappa shape index (κ3) is 3.31. The van der Waals surface area contributed by atoms with Gasteiger partial charge in [0, 0.05) is 26.3 Å². The van der Waals surface area contributed by atoms with Gasteiger partial charge in [-0.1, -0.05) is 27.7 Å². The Morgan fingerprint density at radius 3 is 2.27 bits per heavy atom. The summed E-state index contributed by atoms with van der Waals surface area (Å²) in [5, 5.41) is 0. The Morgan fingerprint density at radius 2 is 1.73 bits per heavy atom. The van der Waals surface area contributed by atoms with Crippen LogP contribution in [0, 0.1) is 0 Å². The number of nitrogens with two attached hydrogens (primary N) is 1. The molecule has 0 aliphatic rings. The first kappa shape index (κ1) is 19.6. The molecule has 0 fully saturated rings. The minimum atomic E-state index is -0.329. The van der Waals surface area contributed by atoms with Gasteiger partial charge in [0.15, 0.2) is 11.5 Å².